The number of carbonyl (C=O) groups excluding carboxylic acids is 1. The Morgan fingerprint density at radius 3 is 2.76 bits per heavy atom. The van der Waals surface area contributed by atoms with Crippen LogP contribution in [0, 0.1) is 0 Å². The highest BCUT2D eigenvalue weighted by molar-refractivity contribution is 5.94. The van der Waals surface area contributed by atoms with Crippen LogP contribution in [0.15, 0.2) is 24.3 Å². The molecule has 0 unspecified atom stereocenters. The Morgan fingerprint density at radius 2 is 2.19 bits per heavy atom. The van der Waals surface area contributed by atoms with E-state index >= 15 is 0 Å². The number of tetrazole rings is 1. The Kier molecular flexibility index (Phi) is 4.20. The maximum absolute atomic E-state index is 12.7. The number of aromatic amines is 1. The second-order valence-electron chi connectivity index (χ2n) is 4.31. The molecular weight excluding hydrogens is 287 g/mol. The minimum absolute atomic E-state index is 0.0228. The van der Waals surface area contributed by atoms with E-state index in [2.05, 4.69) is 25.9 Å². The highest BCUT2D eigenvalue weighted by Gasteiger charge is 2.31. The lowest BCUT2D eigenvalue weighted by Gasteiger charge is -2.15. The molecule has 6 nitrogen and oxygen atoms in total. The monoisotopic (exact) mass is 299 g/mol. The summed E-state index contributed by atoms with van der Waals surface area (Å²) in [6, 6.07) is 4.71. The van der Waals surface area contributed by atoms with Gasteiger partial charge in [0.15, 0.2) is 0 Å². The number of nitrogens with zero attached hydrogens (tertiary/aromatic N) is 3. The lowest BCUT2D eigenvalue weighted by atomic mass is 9.94. The molecule has 1 aromatic carbocycles. The predicted molar refractivity (Wildman–Crippen MR) is 67.3 cm³/mol. The number of hydrogen-bond donors (Lipinski definition) is 2. The van der Waals surface area contributed by atoms with Gasteiger partial charge >= 0.3 is 6.18 Å². The van der Waals surface area contributed by atoms with E-state index < -0.39 is 23.6 Å². The summed E-state index contributed by atoms with van der Waals surface area (Å²) in [5, 5.41) is 15.0. The second kappa shape index (κ2) is 5.90. The third-order valence-electron chi connectivity index (χ3n) is 2.92. The van der Waals surface area contributed by atoms with E-state index in [0.29, 0.717) is 6.42 Å². The van der Waals surface area contributed by atoms with Gasteiger partial charge in [-0.15, -0.1) is 5.10 Å². The van der Waals surface area contributed by atoms with Crippen molar-refractivity contribution in [2.45, 2.75) is 25.4 Å². The summed E-state index contributed by atoms with van der Waals surface area (Å²) < 4.78 is 38.1. The van der Waals surface area contributed by atoms with Gasteiger partial charge in [-0.1, -0.05) is 30.2 Å². The third-order valence-corrected chi connectivity index (χ3v) is 2.92. The number of aromatic nitrogens is 4. The zero-order valence-electron chi connectivity index (χ0n) is 11.0. The number of rotatable bonds is 4. The number of anilines is 1. The molecule has 1 amide bonds. The van der Waals surface area contributed by atoms with Crippen molar-refractivity contribution in [2.24, 2.45) is 0 Å². The number of hydrogen-bond acceptors (Lipinski definition) is 4. The maximum atomic E-state index is 12.7. The van der Waals surface area contributed by atoms with Crippen molar-refractivity contribution in [3.63, 3.8) is 0 Å². The summed E-state index contributed by atoms with van der Waals surface area (Å²) in [4.78, 5) is 12.1. The third kappa shape index (κ3) is 3.56. The highest BCUT2D eigenvalue weighted by Crippen LogP contribution is 2.32. The minimum atomic E-state index is -4.45. The molecule has 0 aliphatic carbocycles. The average Bonchev–Trinajstić information content (AvgIpc) is 2.92. The van der Waals surface area contributed by atoms with Crippen molar-refractivity contribution in [3.8, 4) is 0 Å². The first kappa shape index (κ1) is 14.9. The largest absolute Gasteiger partial charge is 0.416 e. The van der Waals surface area contributed by atoms with Crippen LogP contribution in [0.2, 0.25) is 0 Å². The first-order valence-corrected chi connectivity index (χ1v) is 6.13. The minimum Gasteiger partial charge on any atom is -0.291 e. The van der Waals surface area contributed by atoms with Crippen LogP contribution < -0.4 is 5.32 Å². The number of carbonyl (C=O) groups is 1. The SMILES string of the molecule is CC[C@@H](C(=O)Nc1nn[nH]n1)c1cccc(C(F)(F)F)c1. The summed E-state index contributed by atoms with van der Waals surface area (Å²) in [6.45, 7) is 1.71. The molecule has 9 heteroatoms. The number of amides is 1. The van der Waals surface area contributed by atoms with Crippen LogP contribution in [0.5, 0.6) is 0 Å². The Hall–Kier alpha value is -2.45. The van der Waals surface area contributed by atoms with Crippen LogP contribution in [0.3, 0.4) is 0 Å². The van der Waals surface area contributed by atoms with Gasteiger partial charge in [-0.2, -0.15) is 18.4 Å². The molecule has 2 aromatic rings. The molecule has 0 radical (unpaired) electrons. The van der Waals surface area contributed by atoms with Crippen molar-refractivity contribution < 1.29 is 18.0 Å². The molecule has 0 spiro atoms. The molecule has 0 aliphatic heterocycles. The molecule has 1 aromatic heterocycles. The fraction of sp³-hybridized carbons (Fsp3) is 0.333. The van der Waals surface area contributed by atoms with Gasteiger partial charge in [-0.05, 0) is 23.3 Å². The quantitative estimate of drug-likeness (QED) is 0.907. The van der Waals surface area contributed by atoms with E-state index in [9.17, 15) is 18.0 Å². The number of H-pyrrole nitrogens is 1. The molecule has 0 bridgehead atoms. The predicted octanol–water partition coefficient (Wildman–Crippen LogP) is 2.35. The van der Waals surface area contributed by atoms with Crippen LogP contribution in [-0.2, 0) is 11.0 Å². The average molecular weight is 299 g/mol. The van der Waals surface area contributed by atoms with E-state index in [1.165, 1.54) is 12.1 Å². The van der Waals surface area contributed by atoms with Crippen LogP contribution in [-0.4, -0.2) is 26.5 Å². The molecule has 2 rings (SSSR count). The van der Waals surface area contributed by atoms with E-state index in [0.717, 1.165) is 12.1 Å². The molecule has 0 saturated heterocycles. The fourth-order valence-electron chi connectivity index (χ4n) is 1.92. The number of halogens is 3. The summed E-state index contributed by atoms with van der Waals surface area (Å²) in [7, 11) is 0. The van der Waals surface area contributed by atoms with Crippen molar-refractivity contribution in [1.82, 2.24) is 20.6 Å². The summed E-state index contributed by atoms with van der Waals surface area (Å²) >= 11 is 0. The van der Waals surface area contributed by atoms with Crippen molar-refractivity contribution in [3.05, 3.63) is 35.4 Å². The zero-order chi connectivity index (χ0) is 15.5. The first-order valence-electron chi connectivity index (χ1n) is 6.13. The molecule has 0 fully saturated rings. The Labute approximate surface area is 117 Å². The molecule has 0 saturated carbocycles. The molecule has 1 atom stereocenters. The van der Waals surface area contributed by atoms with E-state index in [1.54, 1.807) is 6.92 Å². The first-order chi connectivity index (χ1) is 9.91. The van der Waals surface area contributed by atoms with Gasteiger partial charge in [0.1, 0.15) is 0 Å². The molecular formula is C12H12F3N5O. The fourth-order valence-corrected chi connectivity index (χ4v) is 1.92. The summed E-state index contributed by atoms with van der Waals surface area (Å²) in [5.41, 5.74) is -0.501. The topological polar surface area (TPSA) is 83.6 Å². The van der Waals surface area contributed by atoms with Gasteiger partial charge in [0.25, 0.3) is 5.95 Å². The molecule has 2 N–H and O–H groups in total. The smallest absolute Gasteiger partial charge is 0.291 e. The van der Waals surface area contributed by atoms with Gasteiger partial charge < -0.3 is 0 Å². The maximum Gasteiger partial charge on any atom is 0.416 e. The van der Waals surface area contributed by atoms with Gasteiger partial charge in [0.2, 0.25) is 5.91 Å². The molecule has 112 valence electrons. The summed E-state index contributed by atoms with van der Waals surface area (Å²) in [6.07, 6.45) is -4.11. The van der Waals surface area contributed by atoms with Gasteiger partial charge in [-0.25, -0.2) is 0 Å². The van der Waals surface area contributed by atoms with Crippen LogP contribution in [0.25, 0.3) is 0 Å². The van der Waals surface area contributed by atoms with Crippen molar-refractivity contribution in [2.75, 3.05) is 5.32 Å². The van der Waals surface area contributed by atoms with Crippen LogP contribution in [0.1, 0.15) is 30.4 Å². The standard InChI is InChI=1S/C12H12F3N5O/c1-2-9(10(21)16-11-17-19-20-18-11)7-4-3-5-8(6-7)12(13,14)15/h3-6,9H,2H2,1H3,(H2,16,17,18,19,20,21)/t9-/m1/s1. The van der Waals surface area contributed by atoms with E-state index in [-0.39, 0.29) is 11.5 Å². The zero-order valence-corrected chi connectivity index (χ0v) is 11.0. The Morgan fingerprint density at radius 1 is 1.43 bits per heavy atom. The molecule has 1 heterocycles. The number of nitrogens with one attached hydrogen (secondary N) is 2. The second-order valence-corrected chi connectivity index (χ2v) is 4.31. The highest BCUT2D eigenvalue weighted by atomic mass is 19.4. The van der Waals surface area contributed by atoms with Crippen LogP contribution in [0.4, 0.5) is 19.1 Å². The van der Waals surface area contributed by atoms with Gasteiger partial charge in [0.05, 0.1) is 11.5 Å². The van der Waals surface area contributed by atoms with E-state index in [1.807, 2.05) is 0 Å². The molecule has 21 heavy (non-hydrogen) atoms. The Balaban J connectivity index is 2.23. The lowest BCUT2D eigenvalue weighted by molar-refractivity contribution is -0.137. The van der Waals surface area contributed by atoms with Crippen molar-refractivity contribution in [1.29, 1.82) is 0 Å². The normalized spacial score (nSPS) is 13.0. The van der Waals surface area contributed by atoms with E-state index in [4.69, 9.17) is 0 Å². The van der Waals surface area contributed by atoms with Crippen molar-refractivity contribution >= 4 is 11.9 Å². The number of alkyl halides is 3. The summed E-state index contributed by atoms with van der Waals surface area (Å²) in [5.74, 6) is -1.24. The van der Waals surface area contributed by atoms with Crippen LogP contribution >= 0.6 is 0 Å². The lowest BCUT2D eigenvalue weighted by Crippen LogP contribution is -2.22. The Bertz CT molecular complexity index is 612. The molecule has 0 aliphatic rings. The van der Waals surface area contributed by atoms with Gasteiger partial charge in [0, 0.05) is 0 Å². The van der Waals surface area contributed by atoms with Gasteiger partial charge in [-0.3, -0.25) is 10.1 Å². The number of benzene rings is 1.